The zero-order valence-electron chi connectivity index (χ0n) is 14.1. The molecule has 0 saturated carbocycles. The van der Waals surface area contributed by atoms with E-state index in [1.54, 1.807) is 12.1 Å². The molecule has 0 spiro atoms. The van der Waals surface area contributed by atoms with Crippen molar-refractivity contribution in [2.45, 2.75) is 6.54 Å². The van der Waals surface area contributed by atoms with Crippen LogP contribution in [0, 0.1) is 11.3 Å². The average molecular weight is 355 g/mol. The van der Waals surface area contributed by atoms with Gasteiger partial charge in [0.05, 0.1) is 0 Å². The molecule has 0 heterocycles. The van der Waals surface area contributed by atoms with E-state index in [1.807, 2.05) is 61.5 Å². The predicted octanol–water partition coefficient (Wildman–Crippen LogP) is 3.54. The Hall–Kier alpha value is -2.97. The molecule has 0 atom stereocenters. The minimum absolute atomic E-state index is 0.00391. The number of nitrogens with zero attached hydrogens (tertiary/aromatic N) is 2. The van der Waals surface area contributed by atoms with Gasteiger partial charge in [-0.25, -0.2) is 0 Å². The lowest BCUT2D eigenvalue weighted by molar-refractivity contribution is -0.117. The predicted molar refractivity (Wildman–Crippen MR) is 101 cm³/mol. The van der Waals surface area contributed by atoms with Crippen LogP contribution < -0.4 is 15.5 Å². The van der Waals surface area contributed by atoms with Crippen LogP contribution in [0.4, 0.5) is 11.4 Å². The van der Waals surface area contributed by atoms with Gasteiger partial charge in [0.2, 0.25) is 0 Å². The zero-order valence-corrected chi connectivity index (χ0v) is 14.8. The number of hydrogen-bond donors (Lipinski definition) is 2. The van der Waals surface area contributed by atoms with Gasteiger partial charge in [-0.15, -0.1) is 0 Å². The van der Waals surface area contributed by atoms with E-state index < -0.39 is 5.91 Å². The lowest BCUT2D eigenvalue weighted by atomic mass is 10.2. The van der Waals surface area contributed by atoms with Crippen LogP contribution in [0.25, 0.3) is 0 Å². The fourth-order valence-corrected chi connectivity index (χ4v) is 2.18. The number of nitriles is 1. The number of carbonyl (C=O) groups is 1. The number of anilines is 2. The summed E-state index contributed by atoms with van der Waals surface area (Å²) in [4.78, 5) is 14.1. The van der Waals surface area contributed by atoms with Crippen LogP contribution in [0.3, 0.4) is 0 Å². The highest BCUT2D eigenvalue weighted by molar-refractivity contribution is 6.30. The van der Waals surface area contributed by atoms with Crippen LogP contribution in [-0.2, 0) is 11.3 Å². The van der Waals surface area contributed by atoms with Crippen molar-refractivity contribution in [2.24, 2.45) is 0 Å². The van der Waals surface area contributed by atoms with Crippen molar-refractivity contribution in [3.8, 4) is 6.07 Å². The molecule has 2 N–H and O–H groups in total. The molecule has 0 radical (unpaired) electrons. The van der Waals surface area contributed by atoms with Crippen molar-refractivity contribution in [3.63, 3.8) is 0 Å². The second-order valence-electron chi connectivity index (χ2n) is 5.57. The van der Waals surface area contributed by atoms with Gasteiger partial charge in [-0.1, -0.05) is 29.8 Å². The zero-order chi connectivity index (χ0) is 18.2. The number of amides is 1. The van der Waals surface area contributed by atoms with E-state index in [0.29, 0.717) is 11.6 Å². The van der Waals surface area contributed by atoms with Crippen LogP contribution in [0.15, 0.2) is 60.3 Å². The van der Waals surface area contributed by atoms with Gasteiger partial charge < -0.3 is 15.5 Å². The molecule has 25 heavy (non-hydrogen) atoms. The minimum Gasteiger partial charge on any atom is -0.378 e. The van der Waals surface area contributed by atoms with Gasteiger partial charge in [-0.3, -0.25) is 4.79 Å². The molecule has 2 aromatic carbocycles. The lowest BCUT2D eigenvalue weighted by Gasteiger charge is -2.13. The maximum atomic E-state index is 12.1. The molecule has 0 bridgehead atoms. The summed E-state index contributed by atoms with van der Waals surface area (Å²) in [6.45, 7) is 0.325. The fourth-order valence-electron chi connectivity index (χ4n) is 2.06. The van der Waals surface area contributed by atoms with E-state index in [4.69, 9.17) is 11.6 Å². The Morgan fingerprint density at radius 1 is 1.24 bits per heavy atom. The quantitative estimate of drug-likeness (QED) is 0.615. The summed E-state index contributed by atoms with van der Waals surface area (Å²) in [5.74, 6) is -0.436. The molecule has 128 valence electrons. The van der Waals surface area contributed by atoms with Crippen LogP contribution in [0.2, 0.25) is 5.02 Å². The number of halogens is 1. The van der Waals surface area contributed by atoms with Gasteiger partial charge in [0, 0.05) is 43.2 Å². The first-order chi connectivity index (χ1) is 12.0. The van der Waals surface area contributed by atoms with Gasteiger partial charge in [0.1, 0.15) is 11.6 Å². The standard InChI is InChI=1S/C19H19ClN4O/c1-24(2)18-5-3-4-17(10-18)22-13-15(11-21)19(25)23-12-14-6-8-16(20)9-7-14/h3-10,13,22H,12H2,1-2H3,(H,23,25)/b15-13-. The Bertz CT molecular complexity index is 807. The molecule has 1 amide bonds. The third-order valence-corrected chi connectivity index (χ3v) is 3.73. The molecule has 6 heteroatoms. The summed E-state index contributed by atoms with van der Waals surface area (Å²) in [5, 5.41) is 15.5. The Kier molecular flexibility index (Phi) is 6.44. The summed E-state index contributed by atoms with van der Waals surface area (Å²) in [6.07, 6.45) is 1.41. The number of hydrogen-bond acceptors (Lipinski definition) is 4. The first-order valence-electron chi connectivity index (χ1n) is 7.66. The molecule has 0 aromatic heterocycles. The molecule has 0 saturated heterocycles. The molecule has 0 unspecified atom stereocenters. The second-order valence-corrected chi connectivity index (χ2v) is 6.00. The number of carbonyl (C=O) groups excluding carboxylic acids is 1. The van der Waals surface area contributed by atoms with Crippen LogP contribution in [0.5, 0.6) is 0 Å². The second kappa shape index (κ2) is 8.76. The molecular formula is C19H19ClN4O. The Balaban J connectivity index is 1.99. The van der Waals surface area contributed by atoms with Gasteiger partial charge in [-0.05, 0) is 35.9 Å². The van der Waals surface area contributed by atoms with E-state index in [0.717, 1.165) is 16.9 Å². The highest BCUT2D eigenvalue weighted by atomic mass is 35.5. The monoisotopic (exact) mass is 354 g/mol. The van der Waals surface area contributed by atoms with Crippen LogP contribution in [-0.4, -0.2) is 20.0 Å². The summed E-state index contributed by atoms with van der Waals surface area (Å²) >= 11 is 5.83. The Morgan fingerprint density at radius 3 is 2.60 bits per heavy atom. The Labute approximate surface area is 152 Å². The number of benzene rings is 2. The summed E-state index contributed by atoms with van der Waals surface area (Å²) < 4.78 is 0. The normalized spacial score (nSPS) is 10.7. The van der Waals surface area contributed by atoms with Crippen LogP contribution >= 0.6 is 11.6 Å². The third kappa shape index (κ3) is 5.55. The highest BCUT2D eigenvalue weighted by Gasteiger charge is 2.08. The molecule has 2 aromatic rings. The molecular weight excluding hydrogens is 336 g/mol. The van der Waals surface area contributed by atoms with Gasteiger partial charge in [0.25, 0.3) is 5.91 Å². The van der Waals surface area contributed by atoms with E-state index >= 15 is 0 Å². The van der Waals surface area contributed by atoms with E-state index in [-0.39, 0.29) is 5.57 Å². The van der Waals surface area contributed by atoms with Crippen molar-refractivity contribution < 1.29 is 4.79 Å². The first-order valence-corrected chi connectivity index (χ1v) is 8.04. The molecule has 0 fully saturated rings. The molecule has 0 aliphatic carbocycles. The first kappa shape index (κ1) is 18.4. The molecule has 5 nitrogen and oxygen atoms in total. The molecule has 2 rings (SSSR count). The minimum atomic E-state index is -0.436. The van der Waals surface area contributed by atoms with E-state index in [1.165, 1.54) is 6.20 Å². The SMILES string of the molecule is CN(C)c1cccc(N/C=C(/C#N)C(=O)NCc2ccc(Cl)cc2)c1. The lowest BCUT2D eigenvalue weighted by Crippen LogP contribution is -2.24. The molecule has 0 aliphatic rings. The largest absolute Gasteiger partial charge is 0.378 e. The topological polar surface area (TPSA) is 68.2 Å². The number of nitrogens with one attached hydrogen (secondary N) is 2. The average Bonchev–Trinajstić information content (AvgIpc) is 2.62. The maximum absolute atomic E-state index is 12.1. The summed E-state index contributed by atoms with van der Waals surface area (Å²) in [5.41, 5.74) is 2.72. The van der Waals surface area contributed by atoms with E-state index in [9.17, 15) is 10.1 Å². The van der Waals surface area contributed by atoms with Crippen LogP contribution in [0.1, 0.15) is 5.56 Å². The summed E-state index contributed by atoms with van der Waals surface area (Å²) in [6, 6.07) is 16.7. The third-order valence-electron chi connectivity index (χ3n) is 3.48. The van der Waals surface area contributed by atoms with Crippen molar-refractivity contribution in [3.05, 3.63) is 70.9 Å². The van der Waals surface area contributed by atoms with Crippen molar-refractivity contribution in [1.29, 1.82) is 5.26 Å². The van der Waals surface area contributed by atoms with Crippen molar-refractivity contribution in [2.75, 3.05) is 24.3 Å². The molecule has 0 aliphatic heterocycles. The van der Waals surface area contributed by atoms with E-state index in [2.05, 4.69) is 10.6 Å². The Morgan fingerprint density at radius 2 is 1.96 bits per heavy atom. The van der Waals surface area contributed by atoms with Crippen molar-refractivity contribution >= 4 is 28.9 Å². The smallest absolute Gasteiger partial charge is 0.263 e. The summed E-state index contributed by atoms with van der Waals surface area (Å²) in [7, 11) is 3.89. The van der Waals surface area contributed by atoms with Gasteiger partial charge >= 0.3 is 0 Å². The highest BCUT2D eigenvalue weighted by Crippen LogP contribution is 2.17. The van der Waals surface area contributed by atoms with Crippen molar-refractivity contribution in [1.82, 2.24) is 5.32 Å². The fraction of sp³-hybridized carbons (Fsp3) is 0.158. The maximum Gasteiger partial charge on any atom is 0.263 e. The number of rotatable bonds is 6. The van der Waals surface area contributed by atoms with Gasteiger partial charge in [0.15, 0.2) is 0 Å². The van der Waals surface area contributed by atoms with Gasteiger partial charge in [-0.2, -0.15) is 5.26 Å².